The highest BCUT2D eigenvalue weighted by atomic mass is 15.0. The van der Waals surface area contributed by atoms with Crippen LogP contribution in [-0.4, -0.2) is 16.5 Å². The molecule has 3 rings (SSSR count). The van der Waals surface area contributed by atoms with E-state index >= 15 is 0 Å². The van der Waals surface area contributed by atoms with E-state index in [1.165, 1.54) is 54.4 Å². The Morgan fingerprint density at radius 3 is 1.97 bits per heavy atom. The maximum atomic E-state index is 5.03. The molecule has 0 unspecified atom stereocenters. The molecule has 30 heavy (non-hydrogen) atoms. The zero-order valence-electron chi connectivity index (χ0n) is 20.2. The highest BCUT2D eigenvalue weighted by molar-refractivity contribution is 5.69. The molecule has 2 aromatic rings. The van der Waals surface area contributed by atoms with Crippen LogP contribution in [-0.2, 0) is 0 Å². The van der Waals surface area contributed by atoms with Gasteiger partial charge in [0, 0.05) is 23.9 Å². The van der Waals surface area contributed by atoms with Gasteiger partial charge in [-0.25, -0.2) is 9.97 Å². The van der Waals surface area contributed by atoms with Gasteiger partial charge in [-0.05, 0) is 60.1 Å². The summed E-state index contributed by atoms with van der Waals surface area (Å²) in [6.45, 7) is 16.8. The quantitative estimate of drug-likeness (QED) is 0.508. The van der Waals surface area contributed by atoms with Crippen LogP contribution in [0, 0.1) is 12.8 Å². The summed E-state index contributed by atoms with van der Waals surface area (Å²) in [5, 5.41) is 3.64. The molecular weight excluding hydrogens is 366 g/mol. The molecular formula is C27H41N3. The number of nitrogens with one attached hydrogen (secondary N) is 1. The Hall–Kier alpha value is -1.90. The normalized spacial score (nSPS) is 15.4. The Morgan fingerprint density at radius 1 is 0.833 bits per heavy atom. The Balaban J connectivity index is 2.02. The number of aryl methyl sites for hydroxylation is 1. The van der Waals surface area contributed by atoms with E-state index in [1.54, 1.807) is 0 Å². The zero-order valence-corrected chi connectivity index (χ0v) is 20.2. The van der Waals surface area contributed by atoms with Crippen molar-refractivity contribution >= 4 is 5.82 Å². The highest BCUT2D eigenvalue weighted by Crippen LogP contribution is 2.38. The van der Waals surface area contributed by atoms with Crippen molar-refractivity contribution in [3.05, 3.63) is 40.6 Å². The number of hydrogen-bond acceptors (Lipinski definition) is 3. The smallest absolute Gasteiger partial charge is 0.162 e. The van der Waals surface area contributed by atoms with Crippen LogP contribution in [0.3, 0.4) is 0 Å². The number of aromatic nitrogens is 2. The second kappa shape index (κ2) is 9.94. The zero-order chi connectivity index (χ0) is 21.8. The lowest BCUT2D eigenvalue weighted by Crippen LogP contribution is -2.18. The predicted molar refractivity (Wildman–Crippen MR) is 130 cm³/mol. The fourth-order valence-electron chi connectivity index (χ4n) is 4.63. The van der Waals surface area contributed by atoms with Crippen LogP contribution in [0.2, 0.25) is 0 Å². The van der Waals surface area contributed by atoms with Crippen molar-refractivity contribution < 1.29 is 0 Å². The molecule has 0 radical (unpaired) electrons. The van der Waals surface area contributed by atoms with E-state index in [9.17, 15) is 0 Å². The van der Waals surface area contributed by atoms with Crippen molar-refractivity contribution in [1.82, 2.24) is 9.97 Å². The average Bonchev–Trinajstić information content (AvgIpc) is 2.71. The lowest BCUT2D eigenvalue weighted by molar-refractivity contribution is 0.373. The summed E-state index contributed by atoms with van der Waals surface area (Å²) in [5.41, 5.74) is 6.43. The molecule has 1 fully saturated rings. The van der Waals surface area contributed by atoms with E-state index < -0.39 is 0 Å². The van der Waals surface area contributed by atoms with Crippen molar-refractivity contribution in [2.75, 3.05) is 11.9 Å². The standard InChI is InChI=1S/C27H41N3/c1-17(2)22-14-23(18(3)4)26(24(15-22)19(5)6)27-29-20(7)13-25(30-27)28-16-21-11-9-8-10-12-21/h13-15,17-19,21H,8-12,16H2,1-7H3,(H,28,29,30). The van der Waals surface area contributed by atoms with Gasteiger partial charge >= 0.3 is 0 Å². The maximum Gasteiger partial charge on any atom is 0.162 e. The van der Waals surface area contributed by atoms with Gasteiger partial charge in [-0.15, -0.1) is 0 Å². The molecule has 0 bridgehead atoms. The van der Waals surface area contributed by atoms with Gasteiger partial charge in [-0.3, -0.25) is 0 Å². The Morgan fingerprint density at radius 2 is 1.43 bits per heavy atom. The molecule has 1 N–H and O–H groups in total. The summed E-state index contributed by atoms with van der Waals surface area (Å²) in [6.07, 6.45) is 6.83. The molecule has 1 aliphatic rings. The van der Waals surface area contributed by atoms with Crippen LogP contribution in [0.1, 0.15) is 114 Å². The molecule has 3 heteroatoms. The van der Waals surface area contributed by atoms with E-state index in [0.29, 0.717) is 17.8 Å². The summed E-state index contributed by atoms with van der Waals surface area (Å²) in [6, 6.07) is 6.87. The van der Waals surface area contributed by atoms with E-state index in [-0.39, 0.29) is 0 Å². The number of nitrogens with zero attached hydrogens (tertiary/aromatic N) is 2. The van der Waals surface area contributed by atoms with Crippen LogP contribution in [0.25, 0.3) is 11.4 Å². The Kier molecular flexibility index (Phi) is 7.55. The van der Waals surface area contributed by atoms with Crippen LogP contribution in [0.15, 0.2) is 18.2 Å². The molecule has 0 aliphatic heterocycles. The molecule has 0 amide bonds. The third kappa shape index (κ3) is 5.42. The van der Waals surface area contributed by atoms with Crippen molar-refractivity contribution in [3.63, 3.8) is 0 Å². The molecule has 1 aliphatic carbocycles. The SMILES string of the molecule is Cc1cc(NCC2CCCCC2)nc(-c2c(C(C)C)cc(C(C)C)cc2C(C)C)n1. The number of benzene rings is 1. The summed E-state index contributed by atoms with van der Waals surface area (Å²) < 4.78 is 0. The van der Waals surface area contributed by atoms with Gasteiger partial charge in [-0.1, -0.05) is 72.9 Å². The van der Waals surface area contributed by atoms with Crippen LogP contribution in [0.5, 0.6) is 0 Å². The van der Waals surface area contributed by atoms with E-state index in [0.717, 1.165) is 29.8 Å². The van der Waals surface area contributed by atoms with Gasteiger partial charge < -0.3 is 5.32 Å². The summed E-state index contributed by atoms with van der Waals surface area (Å²) in [4.78, 5) is 9.94. The Labute approximate surface area is 184 Å². The molecule has 1 aromatic heterocycles. The van der Waals surface area contributed by atoms with Gasteiger partial charge in [0.2, 0.25) is 0 Å². The van der Waals surface area contributed by atoms with Crippen LogP contribution in [0.4, 0.5) is 5.82 Å². The predicted octanol–water partition coefficient (Wildman–Crippen LogP) is 7.81. The van der Waals surface area contributed by atoms with E-state index in [4.69, 9.17) is 9.97 Å². The average molecular weight is 408 g/mol. The van der Waals surface area contributed by atoms with Crippen molar-refractivity contribution in [2.24, 2.45) is 5.92 Å². The van der Waals surface area contributed by atoms with Gasteiger partial charge in [0.15, 0.2) is 5.82 Å². The minimum atomic E-state index is 0.430. The largest absolute Gasteiger partial charge is 0.370 e. The fraction of sp³-hybridized carbons (Fsp3) is 0.630. The van der Waals surface area contributed by atoms with Crippen molar-refractivity contribution in [2.45, 2.75) is 98.3 Å². The minimum Gasteiger partial charge on any atom is -0.370 e. The molecule has 0 spiro atoms. The van der Waals surface area contributed by atoms with Crippen LogP contribution >= 0.6 is 0 Å². The highest BCUT2D eigenvalue weighted by Gasteiger charge is 2.21. The van der Waals surface area contributed by atoms with E-state index in [2.05, 4.69) is 72.0 Å². The van der Waals surface area contributed by atoms with Crippen molar-refractivity contribution in [3.8, 4) is 11.4 Å². The molecule has 0 atom stereocenters. The van der Waals surface area contributed by atoms with E-state index in [1.807, 2.05) is 0 Å². The molecule has 164 valence electrons. The summed E-state index contributed by atoms with van der Waals surface area (Å²) in [5.74, 6) is 4.00. The third-order valence-corrected chi connectivity index (χ3v) is 6.51. The molecule has 0 saturated heterocycles. The third-order valence-electron chi connectivity index (χ3n) is 6.51. The molecule has 3 nitrogen and oxygen atoms in total. The second-order valence-corrected chi connectivity index (χ2v) is 10.1. The maximum absolute atomic E-state index is 5.03. The second-order valence-electron chi connectivity index (χ2n) is 10.1. The first kappa shape index (κ1) is 22.8. The van der Waals surface area contributed by atoms with Crippen molar-refractivity contribution in [1.29, 1.82) is 0 Å². The lowest BCUT2D eigenvalue weighted by atomic mass is 9.84. The first-order chi connectivity index (χ1) is 14.3. The summed E-state index contributed by atoms with van der Waals surface area (Å²) in [7, 11) is 0. The Bertz CT molecular complexity index is 816. The van der Waals surface area contributed by atoms with Gasteiger partial charge in [0.05, 0.1) is 0 Å². The van der Waals surface area contributed by atoms with Gasteiger partial charge in [0.1, 0.15) is 5.82 Å². The number of hydrogen-bond donors (Lipinski definition) is 1. The molecule has 1 saturated carbocycles. The van der Waals surface area contributed by atoms with Crippen LogP contribution < -0.4 is 5.32 Å². The molecule has 1 heterocycles. The summed E-state index contributed by atoms with van der Waals surface area (Å²) >= 11 is 0. The topological polar surface area (TPSA) is 37.8 Å². The van der Waals surface area contributed by atoms with Gasteiger partial charge in [-0.2, -0.15) is 0 Å². The minimum absolute atomic E-state index is 0.430. The van der Waals surface area contributed by atoms with Gasteiger partial charge in [0.25, 0.3) is 0 Å². The molecule has 1 aromatic carbocycles. The lowest BCUT2D eigenvalue weighted by Gasteiger charge is -2.24. The monoisotopic (exact) mass is 407 g/mol. The number of anilines is 1. The number of rotatable bonds is 7. The first-order valence-electron chi connectivity index (χ1n) is 12.0. The first-order valence-corrected chi connectivity index (χ1v) is 12.0. The fourth-order valence-corrected chi connectivity index (χ4v) is 4.63.